The van der Waals surface area contributed by atoms with Gasteiger partial charge in [-0.15, -0.1) is 0 Å². The van der Waals surface area contributed by atoms with E-state index in [1.54, 1.807) is 0 Å². The van der Waals surface area contributed by atoms with Gasteiger partial charge < -0.3 is 5.11 Å². The molecule has 0 radical (unpaired) electrons. The van der Waals surface area contributed by atoms with Crippen LogP contribution in [0.2, 0.25) is 0 Å². The van der Waals surface area contributed by atoms with Crippen LogP contribution in [0.25, 0.3) is 0 Å². The van der Waals surface area contributed by atoms with Gasteiger partial charge in [-0.25, -0.2) is 0 Å². The lowest BCUT2D eigenvalue weighted by Crippen LogP contribution is -2.35. The third-order valence-electron chi connectivity index (χ3n) is 1.55. The van der Waals surface area contributed by atoms with Crippen LogP contribution in [0.5, 0.6) is 0 Å². The molecule has 0 aliphatic carbocycles. The minimum atomic E-state index is -0.282. The van der Waals surface area contributed by atoms with E-state index in [9.17, 15) is 5.11 Å². The first kappa shape index (κ1) is 8.92. The lowest BCUT2D eigenvalue weighted by atomic mass is 10.2. The molecule has 0 aromatic heterocycles. The molecule has 2 heteroatoms. The Morgan fingerprint density at radius 2 is 1.89 bits per heavy atom. The molecule has 0 saturated carbocycles. The van der Waals surface area contributed by atoms with Gasteiger partial charge in [0, 0.05) is 0 Å². The highest BCUT2D eigenvalue weighted by Crippen LogP contribution is 2.03. The predicted molar refractivity (Wildman–Crippen MR) is 39.1 cm³/mol. The van der Waals surface area contributed by atoms with Crippen LogP contribution in [0.3, 0.4) is 0 Å². The van der Waals surface area contributed by atoms with E-state index in [0.717, 1.165) is 6.54 Å². The Bertz CT molecular complexity index is 73.3. The molecular formula is C7H17NO. The number of nitrogens with zero attached hydrogens (tertiary/aromatic N) is 1. The monoisotopic (exact) mass is 131 g/mol. The van der Waals surface area contributed by atoms with Crippen LogP contribution >= 0.6 is 0 Å². The molecule has 0 fully saturated rings. The average molecular weight is 131 g/mol. The first-order valence-corrected chi connectivity index (χ1v) is 3.47. The van der Waals surface area contributed by atoms with Gasteiger partial charge in [-0.3, -0.25) is 4.90 Å². The molecule has 0 saturated heterocycles. The van der Waals surface area contributed by atoms with E-state index in [4.69, 9.17) is 0 Å². The standard InChI is InChI=1S/C7H17NO/c1-5-8(4)7(9)6(2)3/h6-7,9H,5H2,1-4H3. The molecule has 0 heterocycles. The van der Waals surface area contributed by atoms with Crippen molar-refractivity contribution in [2.45, 2.75) is 27.0 Å². The minimum absolute atomic E-state index is 0.282. The van der Waals surface area contributed by atoms with Crippen molar-refractivity contribution in [2.24, 2.45) is 5.92 Å². The van der Waals surface area contributed by atoms with E-state index >= 15 is 0 Å². The van der Waals surface area contributed by atoms with Crippen molar-refractivity contribution in [1.29, 1.82) is 0 Å². The third kappa shape index (κ3) is 2.82. The van der Waals surface area contributed by atoms with E-state index in [2.05, 4.69) is 0 Å². The van der Waals surface area contributed by atoms with Crippen LogP contribution in [0.15, 0.2) is 0 Å². The van der Waals surface area contributed by atoms with Crippen molar-refractivity contribution >= 4 is 0 Å². The number of rotatable bonds is 3. The second-order valence-electron chi connectivity index (χ2n) is 2.73. The molecule has 0 spiro atoms. The Labute approximate surface area is 57.5 Å². The van der Waals surface area contributed by atoms with E-state index in [0.29, 0.717) is 5.92 Å². The summed E-state index contributed by atoms with van der Waals surface area (Å²) in [5.41, 5.74) is 0. The van der Waals surface area contributed by atoms with Gasteiger partial charge in [0.25, 0.3) is 0 Å². The van der Waals surface area contributed by atoms with Crippen molar-refractivity contribution in [3.8, 4) is 0 Å². The molecule has 0 rings (SSSR count). The molecule has 0 bridgehead atoms. The van der Waals surface area contributed by atoms with Crippen molar-refractivity contribution in [2.75, 3.05) is 13.6 Å². The summed E-state index contributed by atoms with van der Waals surface area (Å²) < 4.78 is 0. The first-order chi connectivity index (χ1) is 4.09. The van der Waals surface area contributed by atoms with Gasteiger partial charge in [0.2, 0.25) is 0 Å². The van der Waals surface area contributed by atoms with Crippen LogP contribution in [-0.4, -0.2) is 29.8 Å². The summed E-state index contributed by atoms with van der Waals surface area (Å²) in [6.07, 6.45) is -0.282. The Kier molecular flexibility index (Phi) is 3.82. The maximum Gasteiger partial charge on any atom is 0.109 e. The van der Waals surface area contributed by atoms with Crippen LogP contribution in [0.4, 0.5) is 0 Å². The topological polar surface area (TPSA) is 23.5 Å². The Balaban J connectivity index is 3.58. The first-order valence-electron chi connectivity index (χ1n) is 3.47. The largest absolute Gasteiger partial charge is 0.378 e. The van der Waals surface area contributed by atoms with Gasteiger partial charge in [-0.1, -0.05) is 20.8 Å². The van der Waals surface area contributed by atoms with E-state index in [1.165, 1.54) is 0 Å². The summed E-state index contributed by atoms with van der Waals surface area (Å²) in [7, 11) is 1.92. The van der Waals surface area contributed by atoms with Gasteiger partial charge in [0.1, 0.15) is 6.23 Å². The Morgan fingerprint density at radius 3 is 2.00 bits per heavy atom. The van der Waals surface area contributed by atoms with Crippen LogP contribution in [0.1, 0.15) is 20.8 Å². The molecule has 9 heavy (non-hydrogen) atoms. The fourth-order valence-electron chi connectivity index (χ4n) is 0.696. The number of aliphatic hydroxyl groups is 1. The average Bonchev–Trinajstić information content (AvgIpc) is 1.84. The van der Waals surface area contributed by atoms with Crippen molar-refractivity contribution < 1.29 is 5.11 Å². The predicted octanol–water partition coefficient (Wildman–Crippen LogP) is 0.912. The molecular weight excluding hydrogens is 114 g/mol. The molecule has 2 nitrogen and oxygen atoms in total. The summed E-state index contributed by atoms with van der Waals surface area (Å²) in [5, 5.41) is 9.32. The maximum atomic E-state index is 9.32. The molecule has 1 N–H and O–H groups in total. The van der Waals surface area contributed by atoms with Crippen LogP contribution in [0, 0.1) is 5.92 Å². The summed E-state index contributed by atoms with van der Waals surface area (Å²) in [4.78, 5) is 1.92. The lowest BCUT2D eigenvalue weighted by Gasteiger charge is -2.24. The van der Waals surface area contributed by atoms with Gasteiger partial charge in [-0.2, -0.15) is 0 Å². The molecule has 0 amide bonds. The van der Waals surface area contributed by atoms with E-state index < -0.39 is 0 Å². The molecule has 0 aliphatic rings. The molecule has 1 atom stereocenters. The fourth-order valence-corrected chi connectivity index (χ4v) is 0.696. The summed E-state index contributed by atoms with van der Waals surface area (Å²) in [5.74, 6) is 0.329. The van der Waals surface area contributed by atoms with E-state index in [-0.39, 0.29) is 6.23 Å². The zero-order chi connectivity index (χ0) is 7.44. The second-order valence-corrected chi connectivity index (χ2v) is 2.73. The van der Waals surface area contributed by atoms with Crippen LogP contribution < -0.4 is 0 Å². The summed E-state index contributed by atoms with van der Waals surface area (Å²) >= 11 is 0. The number of aliphatic hydroxyl groups excluding tert-OH is 1. The third-order valence-corrected chi connectivity index (χ3v) is 1.55. The van der Waals surface area contributed by atoms with Gasteiger partial charge >= 0.3 is 0 Å². The normalized spacial score (nSPS) is 15.0. The zero-order valence-electron chi connectivity index (χ0n) is 6.76. The quantitative estimate of drug-likeness (QED) is 0.575. The van der Waals surface area contributed by atoms with Crippen LogP contribution in [-0.2, 0) is 0 Å². The molecule has 56 valence electrons. The summed E-state index contributed by atoms with van der Waals surface area (Å²) in [6, 6.07) is 0. The van der Waals surface area contributed by atoms with Gasteiger partial charge in [-0.05, 0) is 19.5 Å². The Hall–Kier alpha value is -0.0800. The highest BCUT2D eigenvalue weighted by molar-refractivity contribution is 4.57. The second kappa shape index (κ2) is 3.85. The zero-order valence-corrected chi connectivity index (χ0v) is 6.76. The van der Waals surface area contributed by atoms with Crippen molar-refractivity contribution in [1.82, 2.24) is 4.90 Å². The highest BCUT2D eigenvalue weighted by Gasteiger charge is 2.11. The number of hydrogen-bond acceptors (Lipinski definition) is 2. The fraction of sp³-hybridized carbons (Fsp3) is 1.00. The maximum absolute atomic E-state index is 9.32. The Morgan fingerprint density at radius 1 is 1.44 bits per heavy atom. The smallest absolute Gasteiger partial charge is 0.109 e. The van der Waals surface area contributed by atoms with Gasteiger partial charge in [0.15, 0.2) is 0 Å². The molecule has 0 aromatic carbocycles. The highest BCUT2D eigenvalue weighted by atomic mass is 16.3. The SMILES string of the molecule is CCN(C)C(O)C(C)C. The van der Waals surface area contributed by atoms with E-state index in [1.807, 2.05) is 32.7 Å². The summed E-state index contributed by atoms with van der Waals surface area (Å²) in [6.45, 7) is 6.96. The lowest BCUT2D eigenvalue weighted by molar-refractivity contribution is -0.0103. The van der Waals surface area contributed by atoms with Crippen molar-refractivity contribution in [3.63, 3.8) is 0 Å². The van der Waals surface area contributed by atoms with Crippen molar-refractivity contribution in [3.05, 3.63) is 0 Å². The number of hydrogen-bond donors (Lipinski definition) is 1. The molecule has 1 unspecified atom stereocenters. The minimum Gasteiger partial charge on any atom is -0.378 e. The molecule has 0 aliphatic heterocycles. The van der Waals surface area contributed by atoms with Gasteiger partial charge in [0.05, 0.1) is 0 Å². The molecule has 0 aromatic rings.